The molecule has 5 nitrogen and oxygen atoms in total. The Balaban J connectivity index is 1.55. The smallest absolute Gasteiger partial charge is 0.350 e. The number of carbonyl (C=O) groups is 2. The minimum Gasteiger partial charge on any atom is -0.350 e. The highest BCUT2D eigenvalue weighted by Crippen LogP contribution is 2.37. The fourth-order valence-corrected chi connectivity index (χ4v) is 5.91. The molecule has 2 amide bonds. The molecule has 1 aliphatic carbocycles. The summed E-state index contributed by atoms with van der Waals surface area (Å²) in [6, 6.07) is 3.26. The van der Waals surface area contributed by atoms with Gasteiger partial charge < -0.3 is 10.2 Å². The average Bonchev–Trinajstić information content (AvgIpc) is 3.41. The standard InChI is InChI=1S/C22H28F3N3O2S/c23-22(24,25)17-12-16(13-18(14-17)28-7-3-4-19(28)29)20(30)26-15-21(5-1-2-6-21)27-8-10-31-11-9-27/h12-14H,1-11,15H2,(H,26,30). The van der Waals surface area contributed by atoms with Crippen LogP contribution in [-0.2, 0) is 11.0 Å². The number of nitrogens with zero attached hydrogens (tertiary/aromatic N) is 2. The van der Waals surface area contributed by atoms with Crippen molar-refractivity contribution in [3.63, 3.8) is 0 Å². The molecule has 1 N–H and O–H groups in total. The molecule has 9 heteroatoms. The van der Waals surface area contributed by atoms with Gasteiger partial charge in [0.2, 0.25) is 5.91 Å². The zero-order valence-corrected chi connectivity index (χ0v) is 18.3. The van der Waals surface area contributed by atoms with Gasteiger partial charge in [0.1, 0.15) is 0 Å². The van der Waals surface area contributed by atoms with Gasteiger partial charge in [-0.15, -0.1) is 0 Å². The van der Waals surface area contributed by atoms with E-state index < -0.39 is 17.6 Å². The number of nitrogens with one attached hydrogen (secondary N) is 1. The molecule has 31 heavy (non-hydrogen) atoms. The van der Waals surface area contributed by atoms with Crippen LogP contribution >= 0.6 is 11.8 Å². The molecule has 2 aliphatic heterocycles. The fourth-order valence-electron chi connectivity index (χ4n) is 5.01. The molecule has 0 bridgehead atoms. The van der Waals surface area contributed by atoms with Crippen molar-refractivity contribution in [2.75, 3.05) is 42.6 Å². The second kappa shape index (κ2) is 9.02. The SMILES string of the molecule is O=C(NCC1(N2CCSCC2)CCCC1)c1cc(N2CCCC2=O)cc(C(F)(F)F)c1. The number of carbonyl (C=O) groups excluding carboxylic acids is 2. The van der Waals surface area contributed by atoms with E-state index in [0.29, 0.717) is 25.9 Å². The number of anilines is 1. The summed E-state index contributed by atoms with van der Waals surface area (Å²) < 4.78 is 40.5. The van der Waals surface area contributed by atoms with E-state index >= 15 is 0 Å². The number of hydrogen-bond donors (Lipinski definition) is 1. The zero-order valence-electron chi connectivity index (χ0n) is 17.5. The molecule has 1 aromatic carbocycles. The van der Waals surface area contributed by atoms with Gasteiger partial charge in [-0.05, 0) is 37.5 Å². The van der Waals surface area contributed by atoms with Gasteiger partial charge in [-0.2, -0.15) is 24.9 Å². The normalized spacial score (nSPS) is 22.2. The number of hydrogen-bond acceptors (Lipinski definition) is 4. The van der Waals surface area contributed by atoms with E-state index in [4.69, 9.17) is 0 Å². The lowest BCUT2D eigenvalue weighted by molar-refractivity contribution is -0.137. The van der Waals surface area contributed by atoms with Crippen molar-refractivity contribution in [1.82, 2.24) is 10.2 Å². The van der Waals surface area contributed by atoms with E-state index in [1.165, 1.54) is 11.0 Å². The van der Waals surface area contributed by atoms with E-state index in [9.17, 15) is 22.8 Å². The maximum atomic E-state index is 13.5. The molecule has 0 unspecified atom stereocenters. The van der Waals surface area contributed by atoms with Crippen LogP contribution < -0.4 is 10.2 Å². The molecular weight excluding hydrogens is 427 g/mol. The summed E-state index contributed by atoms with van der Waals surface area (Å²) in [6.07, 6.45) is 0.518. The summed E-state index contributed by atoms with van der Waals surface area (Å²) in [5, 5.41) is 2.93. The largest absolute Gasteiger partial charge is 0.416 e. The Morgan fingerprint density at radius 3 is 2.39 bits per heavy atom. The zero-order chi connectivity index (χ0) is 22.1. The maximum absolute atomic E-state index is 13.5. The molecule has 0 aromatic heterocycles. The van der Waals surface area contributed by atoms with Crippen LogP contribution in [0, 0.1) is 0 Å². The van der Waals surface area contributed by atoms with Crippen LogP contribution in [-0.4, -0.2) is 59.9 Å². The van der Waals surface area contributed by atoms with Crippen molar-refractivity contribution in [3.05, 3.63) is 29.3 Å². The van der Waals surface area contributed by atoms with E-state index in [1.54, 1.807) is 0 Å². The van der Waals surface area contributed by atoms with Gasteiger partial charge in [-0.25, -0.2) is 0 Å². The quantitative estimate of drug-likeness (QED) is 0.731. The van der Waals surface area contributed by atoms with Crippen LogP contribution in [0.3, 0.4) is 0 Å². The van der Waals surface area contributed by atoms with Crippen LogP contribution in [0.25, 0.3) is 0 Å². The topological polar surface area (TPSA) is 52.7 Å². The third-order valence-electron chi connectivity index (χ3n) is 6.69. The highest BCUT2D eigenvalue weighted by molar-refractivity contribution is 7.99. The number of halogens is 3. The lowest BCUT2D eigenvalue weighted by Gasteiger charge is -2.43. The predicted molar refractivity (Wildman–Crippen MR) is 115 cm³/mol. The van der Waals surface area contributed by atoms with Crippen LogP contribution in [0.1, 0.15) is 54.4 Å². The van der Waals surface area contributed by atoms with E-state index in [2.05, 4.69) is 10.2 Å². The van der Waals surface area contributed by atoms with Crippen molar-refractivity contribution in [1.29, 1.82) is 0 Å². The van der Waals surface area contributed by atoms with Crippen molar-refractivity contribution in [2.24, 2.45) is 0 Å². The molecule has 1 aromatic rings. The highest BCUT2D eigenvalue weighted by atomic mass is 32.2. The molecule has 3 fully saturated rings. The van der Waals surface area contributed by atoms with Crippen molar-refractivity contribution < 1.29 is 22.8 Å². The first-order valence-electron chi connectivity index (χ1n) is 10.9. The third-order valence-corrected chi connectivity index (χ3v) is 7.63. The van der Waals surface area contributed by atoms with Crippen molar-refractivity contribution >= 4 is 29.3 Å². The van der Waals surface area contributed by atoms with Crippen molar-refractivity contribution in [3.8, 4) is 0 Å². The Morgan fingerprint density at radius 1 is 1.06 bits per heavy atom. The summed E-state index contributed by atoms with van der Waals surface area (Å²) in [5.41, 5.74) is -0.914. The lowest BCUT2D eigenvalue weighted by atomic mass is 9.94. The first-order valence-corrected chi connectivity index (χ1v) is 12.1. The van der Waals surface area contributed by atoms with Gasteiger partial charge in [0.25, 0.3) is 5.91 Å². The first-order chi connectivity index (χ1) is 14.8. The molecule has 0 radical (unpaired) electrons. The summed E-state index contributed by atoms with van der Waals surface area (Å²) in [7, 11) is 0. The molecule has 4 rings (SSSR count). The lowest BCUT2D eigenvalue weighted by Crippen LogP contribution is -2.56. The number of amides is 2. The highest BCUT2D eigenvalue weighted by Gasteiger charge is 2.40. The second-order valence-electron chi connectivity index (χ2n) is 8.63. The summed E-state index contributed by atoms with van der Waals surface area (Å²) in [6.45, 7) is 2.76. The van der Waals surface area contributed by atoms with Gasteiger partial charge in [0.15, 0.2) is 0 Å². The fraction of sp³-hybridized carbons (Fsp3) is 0.636. The molecule has 0 spiro atoms. The van der Waals surface area contributed by atoms with Crippen molar-refractivity contribution in [2.45, 2.75) is 50.2 Å². The van der Waals surface area contributed by atoms with Gasteiger partial charge in [-0.1, -0.05) is 12.8 Å². The van der Waals surface area contributed by atoms with E-state index in [0.717, 1.165) is 62.4 Å². The van der Waals surface area contributed by atoms with Crippen LogP contribution in [0.5, 0.6) is 0 Å². The molecule has 2 heterocycles. The Labute approximate surface area is 184 Å². The van der Waals surface area contributed by atoms with Gasteiger partial charge >= 0.3 is 6.18 Å². The summed E-state index contributed by atoms with van der Waals surface area (Å²) >= 11 is 1.93. The van der Waals surface area contributed by atoms with Crippen LogP contribution in [0.15, 0.2) is 18.2 Å². The first kappa shape index (κ1) is 22.5. The summed E-state index contributed by atoms with van der Waals surface area (Å²) in [5.74, 6) is 1.41. The van der Waals surface area contributed by atoms with Gasteiger partial charge in [-0.3, -0.25) is 14.5 Å². The molecule has 170 valence electrons. The molecule has 2 saturated heterocycles. The van der Waals surface area contributed by atoms with Crippen LogP contribution in [0.4, 0.5) is 18.9 Å². The number of benzene rings is 1. The Bertz CT molecular complexity index is 834. The Hall–Kier alpha value is -1.74. The number of rotatable bonds is 5. The van der Waals surface area contributed by atoms with Gasteiger partial charge in [0.05, 0.1) is 5.56 Å². The Morgan fingerprint density at radius 2 is 1.77 bits per heavy atom. The molecule has 3 aliphatic rings. The third kappa shape index (κ3) is 4.87. The number of alkyl halides is 3. The molecule has 1 saturated carbocycles. The Kier molecular flexibility index (Phi) is 6.53. The monoisotopic (exact) mass is 455 g/mol. The van der Waals surface area contributed by atoms with E-state index in [1.807, 2.05) is 11.8 Å². The van der Waals surface area contributed by atoms with Crippen LogP contribution in [0.2, 0.25) is 0 Å². The minimum absolute atomic E-state index is 0.0492. The predicted octanol–water partition coefficient (Wildman–Crippen LogP) is 3.92. The molecular formula is C22H28F3N3O2S. The number of thioether (sulfide) groups is 1. The molecule has 0 atom stereocenters. The van der Waals surface area contributed by atoms with E-state index in [-0.39, 0.29) is 22.7 Å². The summed E-state index contributed by atoms with van der Waals surface area (Å²) in [4.78, 5) is 28.8. The second-order valence-corrected chi connectivity index (χ2v) is 9.85. The maximum Gasteiger partial charge on any atom is 0.416 e. The minimum atomic E-state index is -4.59. The average molecular weight is 456 g/mol. The van der Waals surface area contributed by atoms with Gasteiger partial charge in [0, 0.05) is 60.9 Å².